The molecule has 1 N–H and O–H groups in total. The highest BCUT2D eigenvalue weighted by Gasteiger charge is 2.17. The average molecular weight is 306 g/mol. The molecule has 1 heterocycles. The summed E-state index contributed by atoms with van der Waals surface area (Å²) in [5, 5.41) is 2.83. The monoisotopic (exact) mass is 306 g/mol. The van der Waals surface area contributed by atoms with Gasteiger partial charge in [0.1, 0.15) is 11.5 Å². The summed E-state index contributed by atoms with van der Waals surface area (Å²) in [5.41, 5.74) is 0.473. The maximum Gasteiger partial charge on any atom is 0.251 e. The van der Waals surface area contributed by atoms with Gasteiger partial charge in [0.2, 0.25) is 5.91 Å². The fourth-order valence-corrected chi connectivity index (χ4v) is 2.44. The quantitative estimate of drug-likeness (QED) is 0.863. The Balaban J connectivity index is 1.90. The molecule has 1 aliphatic heterocycles. The van der Waals surface area contributed by atoms with Crippen LogP contribution in [0.1, 0.15) is 29.6 Å². The highest BCUT2D eigenvalue weighted by molar-refractivity contribution is 5.95. The highest BCUT2D eigenvalue weighted by atomic mass is 16.5. The SMILES string of the molecule is COc1cc(OC)cc(C(=O)NCCN2CCCCC2=O)c1. The predicted molar refractivity (Wildman–Crippen MR) is 82.3 cm³/mol. The molecule has 1 aromatic carbocycles. The fourth-order valence-electron chi connectivity index (χ4n) is 2.44. The molecule has 6 heteroatoms. The summed E-state index contributed by atoms with van der Waals surface area (Å²) in [6, 6.07) is 5.02. The lowest BCUT2D eigenvalue weighted by atomic mass is 10.1. The van der Waals surface area contributed by atoms with Crippen LogP contribution in [0.4, 0.5) is 0 Å². The van der Waals surface area contributed by atoms with Crippen molar-refractivity contribution in [3.63, 3.8) is 0 Å². The number of benzene rings is 1. The lowest BCUT2D eigenvalue weighted by Gasteiger charge is -2.26. The van der Waals surface area contributed by atoms with E-state index in [0.29, 0.717) is 36.6 Å². The van der Waals surface area contributed by atoms with Crippen molar-refractivity contribution in [3.05, 3.63) is 23.8 Å². The molecule has 0 bridgehead atoms. The number of hydrogen-bond acceptors (Lipinski definition) is 4. The molecular weight excluding hydrogens is 284 g/mol. The van der Waals surface area contributed by atoms with Crippen LogP contribution in [-0.4, -0.2) is 50.6 Å². The minimum absolute atomic E-state index is 0.170. The van der Waals surface area contributed by atoms with Crippen molar-refractivity contribution in [3.8, 4) is 11.5 Å². The molecule has 0 aromatic heterocycles. The number of likely N-dealkylation sites (tertiary alicyclic amines) is 1. The van der Waals surface area contributed by atoms with Crippen LogP contribution in [0.3, 0.4) is 0 Å². The van der Waals surface area contributed by atoms with Gasteiger partial charge in [-0.15, -0.1) is 0 Å². The van der Waals surface area contributed by atoms with Crippen molar-refractivity contribution >= 4 is 11.8 Å². The summed E-state index contributed by atoms with van der Waals surface area (Å²) in [5.74, 6) is 1.09. The molecule has 0 atom stereocenters. The average Bonchev–Trinajstić information content (AvgIpc) is 2.55. The van der Waals surface area contributed by atoms with Crippen molar-refractivity contribution in [2.45, 2.75) is 19.3 Å². The Morgan fingerprint density at radius 3 is 2.45 bits per heavy atom. The van der Waals surface area contributed by atoms with Crippen LogP contribution in [0.5, 0.6) is 11.5 Å². The summed E-state index contributed by atoms with van der Waals surface area (Å²) >= 11 is 0. The van der Waals surface area contributed by atoms with E-state index in [0.717, 1.165) is 19.4 Å². The van der Waals surface area contributed by atoms with E-state index in [1.807, 2.05) is 0 Å². The second-order valence-corrected chi connectivity index (χ2v) is 5.20. The second kappa shape index (κ2) is 7.68. The van der Waals surface area contributed by atoms with E-state index in [1.165, 1.54) is 0 Å². The fraction of sp³-hybridized carbons (Fsp3) is 0.500. The number of nitrogens with one attached hydrogen (secondary N) is 1. The zero-order valence-corrected chi connectivity index (χ0v) is 13.1. The summed E-state index contributed by atoms with van der Waals surface area (Å²) in [7, 11) is 3.08. The van der Waals surface area contributed by atoms with Crippen molar-refractivity contribution in [2.75, 3.05) is 33.9 Å². The van der Waals surface area contributed by atoms with Gasteiger partial charge in [-0.25, -0.2) is 0 Å². The van der Waals surface area contributed by atoms with Gasteiger partial charge in [-0.2, -0.15) is 0 Å². The Morgan fingerprint density at radius 1 is 1.18 bits per heavy atom. The van der Waals surface area contributed by atoms with Gasteiger partial charge in [0, 0.05) is 37.7 Å². The topological polar surface area (TPSA) is 67.9 Å². The number of hydrogen-bond donors (Lipinski definition) is 1. The zero-order valence-electron chi connectivity index (χ0n) is 13.1. The van der Waals surface area contributed by atoms with Gasteiger partial charge < -0.3 is 19.7 Å². The molecule has 2 amide bonds. The first-order valence-corrected chi connectivity index (χ1v) is 7.43. The number of amides is 2. The second-order valence-electron chi connectivity index (χ2n) is 5.20. The number of piperidine rings is 1. The van der Waals surface area contributed by atoms with Crippen LogP contribution in [0.15, 0.2) is 18.2 Å². The predicted octanol–water partition coefficient (Wildman–Crippen LogP) is 1.45. The molecule has 1 aromatic rings. The Bertz CT molecular complexity index is 523. The standard InChI is InChI=1S/C16H22N2O4/c1-21-13-9-12(10-14(11-13)22-2)16(20)17-6-8-18-7-4-3-5-15(18)19/h9-11H,3-8H2,1-2H3,(H,17,20). The van der Waals surface area contributed by atoms with E-state index < -0.39 is 0 Å². The van der Waals surface area contributed by atoms with Crippen LogP contribution in [0.2, 0.25) is 0 Å². The summed E-state index contributed by atoms with van der Waals surface area (Å²) in [6.45, 7) is 1.76. The zero-order chi connectivity index (χ0) is 15.9. The van der Waals surface area contributed by atoms with E-state index in [-0.39, 0.29) is 11.8 Å². The van der Waals surface area contributed by atoms with Gasteiger partial charge in [-0.3, -0.25) is 9.59 Å². The smallest absolute Gasteiger partial charge is 0.251 e. The van der Waals surface area contributed by atoms with E-state index in [1.54, 1.807) is 37.3 Å². The lowest BCUT2D eigenvalue weighted by molar-refractivity contribution is -0.133. The number of carbonyl (C=O) groups excluding carboxylic acids is 2. The molecule has 0 saturated carbocycles. The van der Waals surface area contributed by atoms with E-state index >= 15 is 0 Å². The summed E-state index contributed by atoms with van der Waals surface area (Å²) < 4.78 is 10.3. The largest absolute Gasteiger partial charge is 0.497 e. The Morgan fingerprint density at radius 2 is 1.86 bits per heavy atom. The number of rotatable bonds is 6. The molecular formula is C16H22N2O4. The van der Waals surface area contributed by atoms with Gasteiger partial charge >= 0.3 is 0 Å². The lowest BCUT2D eigenvalue weighted by Crippen LogP contribution is -2.41. The molecule has 1 saturated heterocycles. The Labute approximate surface area is 130 Å². The Kier molecular flexibility index (Phi) is 5.63. The van der Waals surface area contributed by atoms with Crippen molar-refractivity contribution in [1.82, 2.24) is 10.2 Å². The number of nitrogens with zero attached hydrogens (tertiary/aromatic N) is 1. The highest BCUT2D eigenvalue weighted by Crippen LogP contribution is 2.22. The Hall–Kier alpha value is -2.24. The molecule has 2 rings (SSSR count). The number of carbonyl (C=O) groups is 2. The van der Waals surface area contributed by atoms with Crippen LogP contribution < -0.4 is 14.8 Å². The van der Waals surface area contributed by atoms with Gasteiger partial charge in [0.25, 0.3) is 5.91 Å². The molecule has 1 aliphatic rings. The van der Waals surface area contributed by atoms with Gasteiger partial charge in [-0.05, 0) is 25.0 Å². The van der Waals surface area contributed by atoms with Crippen LogP contribution in [0, 0.1) is 0 Å². The van der Waals surface area contributed by atoms with Crippen molar-refractivity contribution in [1.29, 1.82) is 0 Å². The number of methoxy groups -OCH3 is 2. The minimum Gasteiger partial charge on any atom is -0.497 e. The maximum absolute atomic E-state index is 12.2. The summed E-state index contributed by atoms with van der Waals surface area (Å²) in [6.07, 6.45) is 2.61. The van der Waals surface area contributed by atoms with Gasteiger partial charge in [-0.1, -0.05) is 0 Å². The maximum atomic E-state index is 12.2. The van der Waals surface area contributed by atoms with Crippen LogP contribution in [-0.2, 0) is 4.79 Å². The third-order valence-electron chi connectivity index (χ3n) is 3.70. The first-order chi connectivity index (χ1) is 10.6. The normalized spacial score (nSPS) is 14.6. The number of ether oxygens (including phenoxy) is 2. The third-order valence-corrected chi connectivity index (χ3v) is 3.70. The molecule has 120 valence electrons. The molecule has 0 radical (unpaired) electrons. The first-order valence-electron chi connectivity index (χ1n) is 7.43. The first kappa shape index (κ1) is 16.1. The van der Waals surface area contributed by atoms with E-state index in [2.05, 4.69) is 5.32 Å². The molecule has 6 nitrogen and oxygen atoms in total. The minimum atomic E-state index is -0.207. The summed E-state index contributed by atoms with van der Waals surface area (Å²) in [4.78, 5) is 25.7. The molecule has 0 aliphatic carbocycles. The van der Waals surface area contributed by atoms with E-state index in [9.17, 15) is 9.59 Å². The molecule has 0 unspecified atom stereocenters. The van der Waals surface area contributed by atoms with E-state index in [4.69, 9.17) is 9.47 Å². The van der Waals surface area contributed by atoms with Crippen molar-refractivity contribution < 1.29 is 19.1 Å². The van der Waals surface area contributed by atoms with Crippen LogP contribution in [0.25, 0.3) is 0 Å². The molecule has 22 heavy (non-hydrogen) atoms. The van der Waals surface area contributed by atoms with Gasteiger partial charge in [0.05, 0.1) is 14.2 Å². The van der Waals surface area contributed by atoms with Crippen LogP contribution >= 0.6 is 0 Å². The molecule has 1 fully saturated rings. The third kappa shape index (κ3) is 4.13. The van der Waals surface area contributed by atoms with Crippen molar-refractivity contribution in [2.24, 2.45) is 0 Å². The molecule has 0 spiro atoms. The van der Waals surface area contributed by atoms with Gasteiger partial charge in [0.15, 0.2) is 0 Å².